The van der Waals surface area contributed by atoms with E-state index in [0.29, 0.717) is 17.1 Å². The summed E-state index contributed by atoms with van der Waals surface area (Å²) in [4.78, 5) is 16.7. The molecule has 2 aromatic carbocycles. The first kappa shape index (κ1) is 15.7. The highest BCUT2D eigenvalue weighted by Gasteiger charge is 2.10. The summed E-state index contributed by atoms with van der Waals surface area (Å²) in [6, 6.07) is 15.2. The van der Waals surface area contributed by atoms with Crippen molar-refractivity contribution in [3.8, 4) is 10.6 Å². The lowest BCUT2D eigenvalue weighted by atomic mass is 10.2. The average Bonchev–Trinajstić information content (AvgIpc) is 3.03. The molecule has 0 saturated carbocycles. The van der Waals surface area contributed by atoms with E-state index in [2.05, 4.69) is 41.5 Å². The van der Waals surface area contributed by atoms with Crippen molar-refractivity contribution in [2.45, 2.75) is 13.5 Å². The Labute approximate surface area is 144 Å². The number of aromatic nitrogens is 1. The lowest BCUT2D eigenvalue weighted by Crippen LogP contribution is -2.23. The third-order valence-corrected chi connectivity index (χ3v) is 4.67. The molecule has 0 aliphatic rings. The third-order valence-electron chi connectivity index (χ3n) is 3.40. The molecule has 116 valence electrons. The molecule has 0 spiro atoms. The summed E-state index contributed by atoms with van der Waals surface area (Å²) in [6.45, 7) is 2.44. The number of nitrogens with zero attached hydrogens (tertiary/aromatic N) is 1. The van der Waals surface area contributed by atoms with Crippen molar-refractivity contribution in [3.05, 3.63) is 75.8 Å². The van der Waals surface area contributed by atoms with Crippen LogP contribution >= 0.6 is 22.9 Å². The summed E-state index contributed by atoms with van der Waals surface area (Å²) in [6.07, 6.45) is 0. The fraction of sp³-hybridized carbons (Fsp3) is 0.111. The zero-order chi connectivity index (χ0) is 16.2. The summed E-state index contributed by atoms with van der Waals surface area (Å²) in [5.74, 6) is -0.194. The molecule has 1 amide bonds. The maximum absolute atomic E-state index is 12.1. The molecule has 0 aliphatic carbocycles. The SMILES string of the molecule is Cc1ccc(-c2nc(CNC(=O)c3ccccc3Cl)cs2)cc1. The Balaban J connectivity index is 1.67. The molecule has 0 unspecified atom stereocenters. The number of halogens is 1. The Morgan fingerprint density at radius 3 is 2.65 bits per heavy atom. The minimum atomic E-state index is -0.194. The van der Waals surface area contributed by atoms with E-state index in [0.717, 1.165) is 16.3 Å². The minimum absolute atomic E-state index is 0.194. The van der Waals surface area contributed by atoms with Gasteiger partial charge in [-0.25, -0.2) is 4.98 Å². The van der Waals surface area contributed by atoms with Gasteiger partial charge in [0.15, 0.2) is 0 Å². The number of hydrogen-bond acceptors (Lipinski definition) is 3. The van der Waals surface area contributed by atoms with Crippen molar-refractivity contribution < 1.29 is 4.79 Å². The highest BCUT2D eigenvalue weighted by Crippen LogP contribution is 2.24. The second kappa shape index (κ2) is 6.94. The molecule has 3 aromatic rings. The highest BCUT2D eigenvalue weighted by molar-refractivity contribution is 7.13. The molecule has 1 heterocycles. The predicted molar refractivity (Wildman–Crippen MR) is 94.9 cm³/mol. The number of thiazole rings is 1. The smallest absolute Gasteiger partial charge is 0.253 e. The number of carbonyl (C=O) groups excluding carboxylic acids is 1. The minimum Gasteiger partial charge on any atom is -0.346 e. The van der Waals surface area contributed by atoms with Crippen LogP contribution in [-0.4, -0.2) is 10.9 Å². The zero-order valence-corrected chi connectivity index (χ0v) is 14.1. The van der Waals surface area contributed by atoms with Crippen LogP contribution in [0, 0.1) is 6.92 Å². The Bertz CT molecular complexity index is 827. The van der Waals surface area contributed by atoms with Gasteiger partial charge in [0, 0.05) is 10.9 Å². The van der Waals surface area contributed by atoms with Gasteiger partial charge < -0.3 is 5.32 Å². The number of hydrogen-bond donors (Lipinski definition) is 1. The lowest BCUT2D eigenvalue weighted by Gasteiger charge is -2.04. The normalized spacial score (nSPS) is 10.5. The van der Waals surface area contributed by atoms with E-state index in [-0.39, 0.29) is 5.91 Å². The van der Waals surface area contributed by atoms with Crippen LogP contribution in [0.2, 0.25) is 5.02 Å². The van der Waals surface area contributed by atoms with E-state index in [9.17, 15) is 4.79 Å². The first-order valence-corrected chi connectivity index (χ1v) is 8.43. The molecule has 3 rings (SSSR count). The van der Waals surface area contributed by atoms with Crippen LogP contribution in [0.5, 0.6) is 0 Å². The highest BCUT2D eigenvalue weighted by atomic mass is 35.5. The Morgan fingerprint density at radius 1 is 1.17 bits per heavy atom. The molecule has 0 aliphatic heterocycles. The Hall–Kier alpha value is -2.17. The van der Waals surface area contributed by atoms with Crippen LogP contribution in [0.3, 0.4) is 0 Å². The summed E-state index contributed by atoms with van der Waals surface area (Å²) < 4.78 is 0. The van der Waals surface area contributed by atoms with Gasteiger partial charge in [-0.2, -0.15) is 0 Å². The van der Waals surface area contributed by atoms with Crippen molar-refractivity contribution >= 4 is 28.8 Å². The maximum atomic E-state index is 12.1. The number of benzene rings is 2. The topological polar surface area (TPSA) is 42.0 Å². The van der Waals surface area contributed by atoms with E-state index in [1.54, 1.807) is 35.6 Å². The van der Waals surface area contributed by atoms with Gasteiger partial charge in [-0.15, -0.1) is 11.3 Å². The standard InChI is InChI=1S/C18H15ClN2OS/c1-12-6-8-13(9-7-12)18-21-14(11-23-18)10-20-17(22)15-4-2-3-5-16(15)19/h2-9,11H,10H2,1H3,(H,20,22). The van der Waals surface area contributed by atoms with Crippen LogP contribution < -0.4 is 5.32 Å². The molecule has 0 fully saturated rings. The molecule has 1 N–H and O–H groups in total. The van der Waals surface area contributed by atoms with Gasteiger partial charge in [0.25, 0.3) is 5.91 Å². The van der Waals surface area contributed by atoms with E-state index < -0.39 is 0 Å². The monoisotopic (exact) mass is 342 g/mol. The number of rotatable bonds is 4. The number of amides is 1. The van der Waals surface area contributed by atoms with Gasteiger partial charge in [0.2, 0.25) is 0 Å². The lowest BCUT2D eigenvalue weighted by molar-refractivity contribution is 0.0950. The fourth-order valence-corrected chi connectivity index (χ4v) is 3.18. The largest absolute Gasteiger partial charge is 0.346 e. The van der Waals surface area contributed by atoms with Crippen LogP contribution in [0.25, 0.3) is 10.6 Å². The second-order valence-corrected chi connectivity index (χ2v) is 6.44. The van der Waals surface area contributed by atoms with Gasteiger partial charge in [-0.05, 0) is 19.1 Å². The molecule has 0 saturated heterocycles. The van der Waals surface area contributed by atoms with E-state index in [1.165, 1.54) is 5.56 Å². The maximum Gasteiger partial charge on any atom is 0.253 e. The van der Waals surface area contributed by atoms with Gasteiger partial charge in [-0.1, -0.05) is 53.6 Å². The van der Waals surface area contributed by atoms with Crippen molar-refractivity contribution in [3.63, 3.8) is 0 Å². The molecular weight excluding hydrogens is 328 g/mol. The van der Waals surface area contributed by atoms with Gasteiger partial charge in [0.1, 0.15) is 5.01 Å². The van der Waals surface area contributed by atoms with Crippen LogP contribution in [-0.2, 0) is 6.54 Å². The first-order chi connectivity index (χ1) is 11.1. The first-order valence-electron chi connectivity index (χ1n) is 7.17. The number of aryl methyl sites for hydroxylation is 1. The Morgan fingerprint density at radius 2 is 1.91 bits per heavy atom. The molecule has 0 atom stereocenters. The van der Waals surface area contributed by atoms with Gasteiger partial charge in [-0.3, -0.25) is 4.79 Å². The third kappa shape index (κ3) is 3.78. The number of carbonyl (C=O) groups is 1. The average molecular weight is 343 g/mol. The summed E-state index contributed by atoms with van der Waals surface area (Å²) in [5, 5.41) is 6.21. The quantitative estimate of drug-likeness (QED) is 0.746. The molecule has 1 aromatic heterocycles. The van der Waals surface area contributed by atoms with Crippen molar-refractivity contribution in [2.24, 2.45) is 0 Å². The van der Waals surface area contributed by atoms with E-state index in [4.69, 9.17) is 11.6 Å². The van der Waals surface area contributed by atoms with Gasteiger partial charge in [0.05, 0.1) is 22.8 Å². The van der Waals surface area contributed by atoms with E-state index >= 15 is 0 Å². The summed E-state index contributed by atoms with van der Waals surface area (Å²) in [7, 11) is 0. The van der Waals surface area contributed by atoms with E-state index in [1.807, 2.05) is 5.38 Å². The summed E-state index contributed by atoms with van der Waals surface area (Å²) in [5.41, 5.74) is 3.62. The van der Waals surface area contributed by atoms with Crippen LogP contribution in [0.15, 0.2) is 53.9 Å². The molecule has 3 nitrogen and oxygen atoms in total. The molecular formula is C18H15ClN2OS. The number of nitrogens with one attached hydrogen (secondary N) is 1. The summed E-state index contributed by atoms with van der Waals surface area (Å²) >= 11 is 7.59. The molecule has 0 bridgehead atoms. The van der Waals surface area contributed by atoms with Gasteiger partial charge >= 0.3 is 0 Å². The van der Waals surface area contributed by atoms with Crippen molar-refractivity contribution in [1.29, 1.82) is 0 Å². The Kier molecular flexibility index (Phi) is 4.74. The molecule has 23 heavy (non-hydrogen) atoms. The zero-order valence-electron chi connectivity index (χ0n) is 12.5. The van der Waals surface area contributed by atoms with Crippen LogP contribution in [0.4, 0.5) is 0 Å². The fourth-order valence-electron chi connectivity index (χ4n) is 2.13. The molecule has 5 heteroatoms. The molecule has 0 radical (unpaired) electrons. The van der Waals surface area contributed by atoms with Crippen molar-refractivity contribution in [1.82, 2.24) is 10.3 Å². The van der Waals surface area contributed by atoms with Crippen LogP contribution in [0.1, 0.15) is 21.6 Å². The predicted octanol–water partition coefficient (Wildman–Crippen LogP) is 4.70. The van der Waals surface area contributed by atoms with Crippen molar-refractivity contribution in [2.75, 3.05) is 0 Å². The second-order valence-electron chi connectivity index (χ2n) is 5.17.